The average molecular weight is 421 g/mol. The average Bonchev–Trinajstić information content (AvgIpc) is 3.10. The fourth-order valence-electron chi connectivity index (χ4n) is 2.60. The second-order valence-electron chi connectivity index (χ2n) is 5.94. The first-order chi connectivity index (χ1) is 13.4. The number of halogens is 1. The minimum Gasteiger partial charge on any atom is -0.457 e. The lowest BCUT2D eigenvalue weighted by Gasteiger charge is -2.07. The van der Waals surface area contributed by atoms with Crippen LogP contribution in [-0.4, -0.2) is 38.3 Å². The number of rotatable bonds is 8. The summed E-state index contributed by atoms with van der Waals surface area (Å²) >= 11 is 5.78. The number of hydrogen-bond acceptors (Lipinski definition) is 5. The molecule has 0 spiro atoms. The molecule has 28 heavy (non-hydrogen) atoms. The van der Waals surface area contributed by atoms with Gasteiger partial charge in [0, 0.05) is 34.2 Å². The quantitative estimate of drug-likeness (QED) is 0.430. The van der Waals surface area contributed by atoms with Crippen LogP contribution in [0.1, 0.15) is 16.8 Å². The predicted molar refractivity (Wildman–Crippen MR) is 105 cm³/mol. The molecule has 0 saturated carbocycles. The van der Waals surface area contributed by atoms with Gasteiger partial charge in [-0.25, -0.2) is 13.1 Å². The Morgan fingerprint density at radius 3 is 2.68 bits per heavy atom. The summed E-state index contributed by atoms with van der Waals surface area (Å²) in [5.41, 5.74) is 1.25. The van der Waals surface area contributed by atoms with Gasteiger partial charge in [0.1, 0.15) is 0 Å². The van der Waals surface area contributed by atoms with Crippen molar-refractivity contribution in [3.05, 3.63) is 65.3 Å². The molecule has 0 radical (unpaired) electrons. The number of aromatic amines is 1. The molecule has 0 aliphatic rings. The number of fused-ring (bicyclic) bond motifs is 1. The molecule has 0 amide bonds. The van der Waals surface area contributed by atoms with Crippen molar-refractivity contribution in [2.24, 2.45) is 0 Å². The van der Waals surface area contributed by atoms with Crippen molar-refractivity contribution in [3.63, 3.8) is 0 Å². The molecule has 0 unspecified atom stereocenters. The third kappa shape index (κ3) is 4.78. The van der Waals surface area contributed by atoms with Gasteiger partial charge in [-0.1, -0.05) is 35.9 Å². The lowest BCUT2D eigenvalue weighted by Crippen LogP contribution is -2.27. The van der Waals surface area contributed by atoms with Crippen molar-refractivity contribution in [1.82, 2.24) is 9.71 Å². The molecule has 1 heterocycles. The molecule has 3 aromatic rings. The van der Waals surface area contributed by atoms with E-state index in [2.05, 4.69) is 9.71 Å². The fourth-order valence-corrected chi connectivity index (χ4v) is 3.94. The second-order valence-corrected chi connectivity index (χ2v) is 8.14. The molecule has 0 atom stereocenters. The highest BCUT2D eigenvalue weighted by Gasteiger charge is 2.16. The zero-order valence-corrected chi connectivity index (χ0v) is 16.2. The largest absolute Gasteiger partial charge is 0.457 e. The minimum atomic E-state index is -3.78. The van der Waals surface area contributed by atoms with Gasteiger partial charge in [-0.3, -0.25) is 9.59 Å². The van der Waals surface area contributed by atoms with Crippen LogP contribution in [-0.2, 0) is 19.6 Å². The maximum atomic E-state index is 12.3. The molecule has 3 rings (SSSR count). The van der Waals surface area contributed by atoms with E-state index in [1.165, 1.54) is 18.2 Å². The van der Waals surface area contributed by atoms with Gasteiger partial charge in [-0.05, 0) is 24.3 Å². The number of carbonyl (C=O) groups is 2. The number of ether oxygens (including phenoxy) is 1. The molecule has 0 aliphatic heterocycles. The smallest absolute Gasteiger partial charge is 0.307 e. The van der Waals surface area contributed by atoms with Gasteiger partial charge in [0.2, 0.25) is 15.8 Å². The normalized spacial score (nSPS) is 11.5. The van der Waals surface area contributed by atoms with E-state index >= 15 is 0 Å². The lowest BCUT2D eigenvalue weighted by atomic mass is 10.1. The summed E-state index contributed by atoms with van der Waals surface area (Å²) in [5, 5.41) is 1.04. The van der Waals surface area contributed by atoms with Gasteiger partial charge in [0.05, 0.1) is 11.3 Å². The van der Waals surface area contributed by atoms with Gasteiger partial charge in [0.25, 0.3) is 0 Å². The first-order valence-electron chi connectivity index (χ1n) is 8.37. The summed E-state index contributed by atoms with van der Waals surface area (Å²) in [6, 6.07) is 13.1. The molecule has 0 bridgehead atoms. The number of nitrogens with one attached hydrogen (secondary N) is 2. The van der Waals surface area contributed by atoms with Crippen molar-refractivity contribution in [3.8, 4) is 0 Å². The van der Waals surface area contributed by atoms with E-state index in [1.54, 1.807) is 18.3 Å². The lowest BCUT2D eigenvalue weighted by molar-refractivity contribution is -0.142. The van der Waals surface area contributed by atoms with Gasteiger partial charge < -0.3 is 9.72 Å². The van der Waals surface area contributed by atoms with Crippen LogP contribution in [0.3, 0.4) is 0 Å². The number of aromatic nitrogens is 1. The molecule has 2 N–H and O–H groups in total. The number of sulfonamides is 1. The van der Waals surface area contributed by atoms with E-state index in [-0.39, 0.29) is 28.7 Å². The van der Waals surface area contributed by atoms with Crippen molar-refractivity contribution < 1.29 is 22.7 Å². The Morgan fingerprint density at radius 2 is 1.89 bits per heavy atom. The number of benzene rings is 2. The third-order valence-corrected chi connectivity index (χ3v) is 5.68. The highest BCUT2D eigenvalue weighted by molar-refractivity contribution is 7.89. The minimum absolute atomic E-state index is 0.00267. The van der Waals surface area contributed by atoms with Crippen molar-refractivity contribution >= 4 is 44.3 Å². The van der Waals surface area contributed by atoms with Crippen LogP contribution in [0.5, 0.6) is 0 Å². The fraction of sp³-hybridized carbons (Fsp3) is 0.158. The van der Waals surface area contributed by atoms with E-state index in [0.29, 0.717) is 5.56 Å². The van der Waals surface area contributed by atoms with Crippen LogP contribution in [0.15, 0.2) is 59.6 Å². The Balaban J connectivity index is 1.49. The van der Waals surface area contributed by atoms with Crippen LogP contribution in [0.2, 0.25) is 5.02 Å². The Hall–Kier alpha value is -2.68. The van der Waals surface area contributed by atoms with E-state index < -0.39 is 22.6 Å². The van der Waals surface area contributed by atoms with Crippen molar-refractivity contribution in [1.29, 1.82) is 0 Å². The van der Waals surface area contributed by atoms with Gasteiger partial charge in [-0.15, -0.1) is 0 Å². The third-order valence-electron chi connectivity index (χ3n) is 3.98. The molecular weight excluding hydrogens is 404 g/mol. The highest BCUT2D eigenvalue weighted by Crippen LogP contribution is 2.18. The number of Topliss-reactive ketones (excluding diaryl/α,β-unsaturated/α-hetero) is 1. The van der Waals surface area contributed by atoms with Crippen LogP contribution in [0.4, 0.5) is 0 Å². The van der Waals surface area contributed by atoms with Gasteiger partial charge >= 0.3 is 5.97 Å². The molecule has 2 aromatic carbocycles. The van der Waals surface area contributed by atoms with Crippen molar-refractivity contribution in [2.45, 2.75) is 11.3 Å². The van der Waals surface area contributed by atoms with E-state index in [4.69, 9.17) is 16.3 Å². The number of carbonyl (C=O) groups excluding carboxylic acids is 2. The van der Waals surface area contributed by atoms with Crippen LogP contribution >= 0.6 is 11.6 Å². The maximum absolute atomic E-state index is 12.3. The molecule has 7 nitrogen and oxygen atoms in total. The van der Waals surface area contributed by atoms with E-state index in [9.17, 15) is 18.0 Å². The topological polar surface area (TPSA) is 105 Å². The zero-order chi connectivity index (χ0) is 20.1. The highest BCUT2D eigenvalue weighted by atomic mass is 35.5. The first-order valence-corrected chi connectivity index (χ1v) is 10.2. The molecule has 0 fully saturated rings. The van der Waals surface area contributed by atoms with Crippen LogP contribution in [0.25, 0.3) is 10.9 Å². The SMILES string of the molecule is O=C(CCNS(=O)(=O)c1cccc(Cl)c1)OCC(=O)c1c[nH]c2ccccc12. The number of esters is 1. The number of para-hydroxylation sites is 1. The van der Waals surface area contributed by atoms with Crippen LogP contribution < -0.4 is 4.72 Å². The molecule has 146 valence electrons. The van der Waals surface area contributed by atoms with Gasteiger partial charge in [-0.2, -0.15) is 0 Å². The Bertz CT molecular complexity index is 1120. The van der Waals surface area contributed by atoms with Gasteiger partial charge in [0.15, 0.2) is 6.61 Å². The molecule has 9 heteroatoms. The summed E-state index contributed by atoms with van der Waals surface area (Å²) in [5.74, 6) is -1.02. The number of hydrogen-bond donors (Lipinski definition) is 2. The Morgan fingerprint density at radius 1 is 1.11 bits per heavy atom. The first kappa shape index (κ1) is 20.1. The summed E-state index contributed by atoms with van der Waals surface area (Å²) in [4.78, 5) is 27.1. The molecular formula is C19H17ClN2O5S. The predicted octanol–water partition coefficient (Wildman–Crippen LogP) is 2.92. The van der Waals surface area contributed by atoms with E-state index in [1.807, 2.05) is 18.2 Å². The Kier molecular flexibility index (Phi) is 6.13. The van der Waals surface area contributed by atoms with E-state index in [0.717, 1.165) is 10.9 Å². The summed E-state index contributed by atoms with van der Waals surface area (Å²) in [6.07, 6.45) is 1.36. The zero-order valence-electron chi connectivity index (χ0n) is 14.6. The number of H-pyrrole nitrogens is 1. The van der Waals surface area contributed by atoms with Crippen LogP contribution in [0, 0.1) is 0 Å². The summed E-state index contributed by atoms with van der Waals surface area (Å²) in [6.45, 7) is -0.573. The monoisotopic (exact) mass is 420 g/mol. The molecule has 0 saturated heterocycles. The Labute approximate surface area is 166 Å². The number of ketones is 1. The van der Waals surface area contributed by atoms with Crippen molar-refractivity contribution in [2.75, 3.05) is 13.2 Å². The summed E-state index contributed by atoms with van der Waals surface area (Å²) in [7, 11) is -3.78. The molecule has 0 aliphatic carbocycles. The molecule has 1 aromatic heterocycles. The second kappa shape index (κ2) is 8.55. The standard InChI is InChI=1S/C19H17ClN2O5S/c20-13-4-3-5-14(10-13)28(25,26)22-9-8-19(24)27-12-18(23)16-11-21-17-7-2-1-6-15(16)17/h1-7,10-11,21-22H,8-9,12H2. The summed E-state index contributed by atoms with van der Waals surface area (Å²) < 4.78 is 31.5. The maximum Gasteiger partial charge on any atom is 0.307 e.